The first kappa shape index (κ1) is 14.8. The van der Waals surface area contributed by atoms with Gasteiger partial charge < -0.3 is 5.32 Å². The van der Waals surface area contributed by atoms with Gasteiger partial charge in [0.25, 0.3) is 0 Å². The second kappa shape index (κ2) is 7.24. The van der Waals surface area contributed by atoms with Gasteiger partial charge in [-0.05, 0) is 38.1 Å². The molecule has 1 N–H and O–H groups in total. The zero-order valence-corrected chi connectivity index (χ0v) is 10.7. The first-order chi connectivity index (χ1) is 8.03. The van der Waals surface area contributed by atoms with Gasteiger partial charge in [-0.25, -0.2) is 0 Å². The van der Waals surface area contributed by atoms with Crippen LogP contribution >= 0.6 is 0 Å². The number of rotatable bonds is 6. The van der Waals surface area contributed by atoms with E-state index in [1.807, 2.05) is 0 Å². The normalized spacial score (nSPS) is 20.5. The molecule has 0 aromatic rings. The molecule has 1 fully saturated rings. The molecule has 0 spiro atoms. The highest BCUT2D eigenvalue weighted by molar-refractivity contribution is 4.80. The Balaban J connectivity index is 2.40. The Morgan fingerprint density at radius 1 is 1.18 bits per heavy atom. The summed E-state index contributed by atoms with van der Waals surface area (Å²) in [4.78, 5) is 0. The van der Waals surface area contributed by atoms with E-state index in [1.165, 1.54) is 19.3 Å². The molecule has 0 radical (unpaired) electrons. The van der Waals surface area contributed by atoms with E-state index in [-0.39, 0.29) is 12.5 Å². The van der Waals surface area contributed by atoms with Crippen LogP contribution in [-0.2, 0) is 0 Å². The molecule has 0 amide bonds. The van der Waals surface area contributed by atoms with Gasteiger partial charge in [0, 0.05) is 12.5 Å². The second-order valence-electron chi connectivity index (χ2n) is 5.11. The third-order valence-corrected chi connectivity index (χ3v) is 3.61. The maximum atomic E-state index is 12.3. The second-order valence-corrected chi connectivity index (χ2v) is 5.11. The van der Waals surface area contributed by atoms with Crippen LogP contribution in [0, 0.1) is 5.92 Å². The molecule has 0 aromatic carbocycles. The molecule has 4 heteroatoms. The predicted octanol–water partition coefficient (Wildman–Crippen LogP) is 4.28. The van der Waals surface area contributed by atoms with Gasteiger partial charge in [-0.15, -0.1) is 0 Å². The molecule has 0 saturated heterocycles. The molecular weight excluding hydrogens is 227 g/mol. The molecule has 1 rings (SSSR count). The van der Waals surface area contributed by atoms with E-state index in [0.29, 0.717) is 5.92 Å². The summed E-state index contributed by atoms with van der Waals surface area (Å²) in [6.07, 6.45) is 2.37. The lowest BCUT2D eigenvalue weighted by molar-refractivity contribution is -0.137. The molecule has 0 heterocycles. The van der Waals surface area contributed by atoms with Crippen LogP contribution in [0.25, 0.3) is 0 Å². The number of halogens is 3. The molecule has 17 heavy (non-hydrogen) atoms. The van der Waals surface area contributed by atoms with Gasteiger partial charge in [0.1, 0.15) is 0 Å². The van der Waals surface area contributed by atoms with Crippen LogP contribution in [0.3, 0.4) is 0 Å². The summed E-state index contributed by atoms with van der Waals surface area (Å²) in [5.41, 5.74) is 0. The minimum absolute atomic E-state index is 0.0666. The highest BCUT2D eigenvalue weighted by atomic mass is 19.4. The quantitative estimate of drug-likeness (QED) is 0.743. The standard InChI is InChI=1S/C13H24F3N/c1-2-10-17-12(8-9-13(14,15)16)11-6-4-3-5-7-11/h11-12,17H,2-10H2,1H3. The van der Waals surface area contributed by atoms with Gasteiger partial charge in [0.05, 0.1) is 0 Å². The van der Waals surface area contributed by atoms with E-state index < -0.39 is 12.6 Å². The fourth-order valence-electron chi connectivity index (χ4n) is 2.69. The van der Waals surface area contributed by atoms with E-state index in [2.05, 4.69) is 12.2 Å². The van der Waals surface area contributed by atoms with Crippen LogP contribution in [0.2, 0.25) is 0 Å². The maximum absolute atomic E-state index is 12.3. The zero-order chi connectivity index (χ0) is 12.7. The van der Waals surface area contributed by atoms with E-state index in [1.54, 1.807) is 0 Å². The van der Waals surface area contributed by atoms with Crippen molar-refractivity contribution in [3.63, 3.8) is 0 Å². The first-order valence-electron chi connectivity index (χ1n) is 6.83. The third-order valence-electron chi connectivity index (χ3n) is 3.61. The summed E-state index contributed by atoms with van der Waals surface area (Å²) in [7, 11) is 0. The number of hydrogen-bond donors (Lipinski definition) is 1. The summed E-state index contributed by atoms with van der Waals surface area (Å²) in [5, 5.41) is 3.31. The topological polar surface area (TPSA) is 12.0 Å². The largest absolute Gasteiger partial charge is 0.389 e. The van der Waals surface area contributed by atoms with Crippen molar-refractivity contribution in [3.8, 4) is 0 Å². The fourth-order valence-corrected chi connectivity index (χ4v) is 2.69. The average Bonchev–Trinajstić information content (AvgIpc) is 2.29. The molecule has 1 unspecified atom stereocenters. The maximum Gasteiger partial charge on any atom is 0.389 e. The van der Waals surface area contributed by atoms with Crippen molar-refractivity contribution < 1.29 is 13.2 Å². The molecule has 102 valence electrons. The predicted molar refractivity (Wildman–Crippen MR) is 63.9 cm³/mol. The monoisotopic (exact) mass is 251 g/mol. The third kappa shape index (κ3) is 6.29. The molecule has 1 nitrogen and oxygen atoms in total. The van der Waals surface area contributed by atoms with Crippen LogP contribution in [0.1, 0.15) is 58.3 Å². The molecular formula is C13H24F3N. The van der Waals surface area contributed by atoms with Gasteiger partial charge in [0.2, 0.25) is 0 Å². The van der Waals surface area contributed by atoms with Crippen molar-refractivity contribution >= 4 is 0 Å². The first-order valence-corrected chi connectivity index (χ1v) is 6.83. The molecule has 1 atom stereocenters. The minimum atomic E-state index is -4.01. The highest BCUT2D eigenvalue weighted by Gasteiger charge is 2.31. The molecule has 0 bridgehead atoms. The lowest BCUT2D eigenvalue weighted by atomic mass is 9.82. The Labute approximate surface area is 102 Å². The lowest BCUT2D eigenvalue weighted by Crippen LogP contribution is -2.38. The van der Waals surface area contributed by atoms with Crippen LogP contribution in [0.15, 0.2) is 0 Å². The van der Waals surface area contributed by atoms with Crippen molar-refractivity contribution in [2.45, 2.75) is 70.5 Å². The van der Waals surface area contributed by atoms with Gasteiger partial charge >= 0.3 is 6.18 Å². The van der Waals surface area contributed by atoms with Crippen molar-refractivity contribution in [1.82, 2.24) is 5.32 Å². The fraction of sp³-hybridized carbons (Fsp3) is 1.00. The molecule has 0 aliphatic heterocycles. The lowest BCUT2D eigenvalue weighted by Gasteiger charge is -2.31. The Bertz CT molecular complexity index is 197. The number of nitrogens with one attached hydrogen (secondary N) is 1. The Morgan fingerprint density at radius 2 is 1.82 bits per heavy atom. The molecule has 0 aromatic heterocycles. The average molecular weight is 251 g/mol. The summed E-state index contributed by atoms with van der Waals surface area (Å²) < 4.78 is 36.8. The van der Waals surface area contributed by atoms with E-state index in [0.717, 1.165) is 25.8 Å². The molecule has 1 aliphatic rings. The Hall–Kier alpha value is -0.250. The summed E-state index contributed by atoms with van der Waals surface area (Å²) in [5.74, 6) is 0.456. The van der Waals surface area contributed by atoms with Crippen LogP contribution in [0.4, 0.5) is 13.2 Å². The van der Waals surface area contributed by atoms with Gasteiger partial charge in [-0.1, -0.05) is 26.2 Å². The van der Waals surface area contributed by atoms with Gasteiger partial charge in [-0.3, -0.25) is 0 Å². The summed E-state index contributed by atoms with van der Waals surface area (Å²) in [6.45, 7) is 2.88. The van der Waals surface area contributed by atoms with Crippen LogP contribution in [-0.4, -0.2) is 18.8 Å². The Morgan fingerprint density at radius 3 is 2.35 bits per heavy atom. The van der Waals surface area contributed by atoms with E-state index in [4.69, 9.17) is 0 Å². The van der Waals surface area contributed by atoms with Gasteiger partial charge in [0.15, 0.2) is 0 Å². The smallest absolute Gasteiger partial charge is 0.314 e. The zero-order valence-electron chi connectivity index (χ0n) is 10.7. The highest BCUT2D eigenvalue weighted by Crippen LogP contribution is 2.31. The number of alkyl halides is 3. The SMILES string of the molecule is CCCNC(CCC(F)(F)F)C1CCCCC1. The minimum Gasteiger partial charge on any atom is -0.314 e. The number of hydrogen-bond acceptors (Lipinski definition) is 1. The van der Waals surface area contributed by atoms with Gasteiger partial charge in [-0.2, -0.15) is 13.2 Å². The summed E-state index contributed by atoms with van der Waals surface area (Å²) >= 11 is 0. The van der Waals surface area contributed by atoms with E-state index in [9.17, 15) is 13.2 Å². The summed E-state index contributed by atoms with van der Waals surface area (Å²) in [6, 6.07) is 0.0666. The molecule has 1 saturated carbocycles. The van der Waals surface area contributed by atoms with Crippen molar-refractivity contribution in [2.24, 2.45) is 5.92 Å². The van der Waals surface area contributed by atoms with Crippen molar-refractivity contribution in [1.29, 1.82) is 0 Å². The van der Waals surface area contributed by atoms with Crippen molar-refractivity contribution in [3.05, 3.63) is 0 Å². The van der Waals surface area contributed by atoms with Crippen LogP contribution in [0.5, 0.6) is 0 Å². The van der Waals surface area contributed by atoms with Crippen molar-refractivity contribution in [2.75, 3.05) is 6.54 Å². The Kier molecular flexibility index (Phi) is 6.31. The van der Waals surface area contributed by atoms with Crippen LogP contribution < -0.4 is 5.32 Å². The molecule has 1 aliphatic carbocycles. The van der Waals surface area contributed by atoms with E-state index >= 15 is 0 Å².